The number of thioether (sulfide) groups is 1. The van der Waals surface area contributed by atoms with Crippen LogP contribution >= 0.6 is 34.7 Å². The standard InChI is InChI=1S/C32H32ClN3O6S2/c1-4-6-7-16-41-23-15-11-21(17-25(23)40-5-2)27-26(28(37)24-14-8-19(3)42-24)29(38)30(39)36(27)31-34-35-32(44-31)43-18-20-9-12-22(33)13-10-20/h8-15,17,27,38H,4-7,16,18H2,1-3H3. The van der Waals surface area contributed by atoms with E-state index in [9.17, 15) is 14.7 Å². The Bertz CT molecular complexity index is 1670. The minimum absolute atomic E-state index is 0.0149. The monoisotopic (exact) mass is 653 g/mol. The summed E-state index contributed by atoms with van der Waals surface area (Å²) in [7, 11) is 0. The summed E-state index contributed by atoms with van der Waals surface area (Å²) in [6.07, 6.45) is 3.02. The fourth-order valence-corrected chi connectivity index (χ4v) is 6.69. The van der Waals surface area contributed by atoms with Crippen LogP contribution in [0.15, 0.2) is 74.7 Å². The van der Waals surface area contributed by atoms with Crippen molar-refractivity contribution in [2.24, 2.45) is 0 Å². The first-order chi connectivity index (χ1) is 21.3. The third-order valence-electron chi connectivity index (χ3n) is 6.88. The van der Waals surface area contributed by atoms with Gasteiger partial charge in [0.25, 0.3) is 5.91 Å². The van der Waals surface area contributed by atoms with E-state index in [2.05, 4.69) is 17.1 Å². The van der Waals surface area contributed by atoms with Crippen molar-refractivity contribution >= 4 is 51.5 Å². The van der Waals surface area contributed by atoms with E-state index < -0.39 is 23.5 Å². The van der Waals surface area contributed by atoms with Crippen molar-refractivity contribution in [2.45, 2.75) is 56.2 Å². The van der Waals surface area contributed by atoms with Crippen LogP contribution in [0.1, 0.15) is 66.6 Å². The Morgan fingerprint density at radius 1 is 1.07 bits per heavy atom. The number of hydrogen-bond acceptors (Lipinski definition) is 10. The van der Waals surface area contributed by atoms with Gasteiger partial charge in [0.05, 0.1) is 24.8 Å². The molecule has 44 heavy (non-hydrogen) atoms. The summed E-state index contributed by atoms with van der Waals surface area (Å²) in [5.41, 5.74) is 1.46. The minimum Gasteiger partial charge on any atom is -0.503 e. The number of carbonyl (C=O) groups excluding carboxylic acids is 2. The molecule has 0 saturated heterocycles. The second-order valence-electron chi connectivity index (χ2n) is 10.0. The summed E-state index contributed by atoms with van der Waals surface area (Å²) in [5.74, 6) is 0.158. The highest BCUT2D eigenvalue weighted by Crippen LogP contribution is 2.45. The number of Topliss-reactive ketones (excluding diaryl/α,β-unsaturated/α-hetero) is 1. The Morgan fingerprint density at radius 3 is 2.57 bits per heavy atom. The molecular weight excluding hydrogens is 622 g/mol. The Morgan fingerprint density at radius 2 is 1.86 bits per heavy atom. The molecule has 230 valence electrons. The molecular formula is C32H32ClN3O6S2. The molecule has 5 rings (SSSR count). The molecule has 2 aromatic heterocycles. The number of amides is 1. The molecule has 1 N–H and O–H groups in total. The molecule has 0 saturated carbocycles. The number of halogens is 1. The zero-order chi connectivity index (χ0) is 31.2. The Kier molecular flexibility index (Phi) is 10.3. The molecule has 9 nitrogen and oxygen atoms in total. The van der Waals surface area contributed by atoms with Crippen LogP contribution in [0, 0.1) is 6.92 Å². The normalized spacial score (nSPS) is 14.9. The van der Waals surface area contributed by atoms with E-state index in [-0.39, 0.29) is 16.5 Å². The van der Waals surface area contributed by atoms with Crippen molar-refractivity contribution in [3.63, 3.8) is 0 Å². The van der Waals surface area contributed by atoms with Gasteiger partial charge in [-0.05, 0) is 67.8 Å². The number of hydrogen-bond donors (Lipinski definition) is 1. The van der Waals surface area contributed by atoms with Crippen molar-refractivity contribution in [2.75, 3.05) is 18.1 Å². The molecule has 1 amide bonds. The molecule has 3 heterocycles. The average Bonchev–Trinajstić information content (AvgIpc) is 3.73. The predicted octanol–water partition coefficient (Wildman–Crippen LogP) is 8.14. The lowest BCUT2D eigenvalue weighted by Gasteiger charge is -2.25. The molecule has 2 aromatic carbocycles. The van der Waals surface area contributed by atoms with E-state index in [1.807, 2.05) is 31.2 Å². The number of ether oxygens (including phenoxy) is 2. The zero-order valence-corrected chi connectivity index (χ0v) is 26.9. The van der Waals surface area contributed by atoms with Gasteiger partial charge in [-0.1, -0.05) is 72.7 Å². The van der Waals surface area contributed by atoms with E-state index in [0.29, 0.717) is 51.2 Å². The quantitative estimate of drug-likeness (QED) is 0.0623. The number of rotatable bonds is 14. The van der Waals surface area contributed by atoms with E-state index >= 15 is 0 Å². The third kappa shape index (κ3) is 6.95. The zero-order valence-electron chi connectivity index (χ0n) is 24.5. The average molecular weight is 654 g/mol. The summed E-state index contributed by atoms with van der Waals surface area (Å²) >= 11 is 8.66. The number of aryl methyl sites for hydroxylation is 1. The number of carbonyl (C=O) groups is 2. The van der Waals surface area contributed by atoms with Gasteiger partial charge < -0.3 is 19.0 Å². The van der Waals surface area contributed by atoms with E-state index in [1.165, 1.54) is 34.1 Å². The number of nitrogens with zero attached hydrogens (tertiary/aromatic N) is 3. The number of furan rings is 1. The Hall–Kier alpha value is -3.80. The van der Waals surface area contributed by atoms with Crippen LogP contribution in [0.5, 0.6) is 11.5 Å². The topological polar surface area (TPSA) is 115 Å². The van der Waals surface area contributed by atoms with Crippen LogP contribution < -0.4 is 14.4 Å². The molecule has 0 radical (unpaired) electrons. The maximum absolute atomic E-state index is 13.8. The van der Waals surface area contributed by atoms with Gasteiger partial charge in [0.15, 0.2) is 27.4 Å². The predicted molar refractivity (Wildman–Crippen MR) is 171 cm³/mol. The van der Waals surface area contributed by atoms with Crippen LogP contribution in [0.25, 0.3) is 0 Å². The van der Waals surface area contributed by atoms with Crippen LogP contribution in [0.4, 0.5) is 5.13 Å². The van der Waals surface area contributed by atoms with Gasteiger partial charge in [-0.25, -0.2) is 0 Å². The van der Waals surface area contributed by atoms with Crippen LogP contribution in [-0.2, 0) is 10.5 Å². The third-order valence-corrected chi connectivity index (χ3v) is 9.26. The molecule has 1 unspecified atom stereocenters. The number of anilines is 1. The molecule has 0 bridgehead atoms. The van der Waals surface area contributed by atoms with Gasteiger partial charge >= 0.3 is 0 Å². The summed E-state index contributed by atoms with van der Waals surface area (Å²) < 4.78 is 18.1. The lowest BCUT2D eigenvalue weighted by Crippen LogP contribution is -2.31. The first-order valence-electron chi connectivity index (χ1n) is 14.3. The van der Waals surface area contributed by atoms with E-state index in [4.69, 9.17) is 25.5 Å². The van der Waals surface area contributed by atoms with Crippen molar-refractivity contribution in [3.05, 3.63) is 93.6 Å². The fraction of sp³-hybridized carbons (Fsp3) is 0.312. The molecule has 12 heteroatoms. The second kappa shape index (κ2) is 14.3. The highest BCUT2D eigenvalue weighted by molar-refractivity contribution is 8.00. The first kappa shape index (κ1) is 31.6. The van der Waals surface area contributed by atoms with Crippen molar-refractivity contribution in [1.82, 2.24) is 10.2 Å². The molecule has 1 atom stereocenters. The highest BCUT2D eigenvalue weighted by atomic mass is 35.5. The SMILES string of the molecule is CCCCCOc1ccc(C2C(C(=O)c3ccc(C)o3)=C(O)C(=O)N2c2nnc(SCc3ccc(Cl)cc3)s2)cc1OCC. The number of aliphatic hydroxyl groups excluding tert-OH is 1. The lowest BCUT2D eigenvalue weighted by molar-refractivity contribution is -0.117. The van der Waals surface area contributed by atoms with Crippen molar-refractivity contribution < 1.29 is 28.6 Å². The van der Waals surface area contributed by atoms with Gasteiger partial charge in [-0.3, -0.25) is 14.5 Å². The van der Waals surface area contributed by atoms with Gasteiger partial charge in [-0.2, -0.15) is 0 Å². The molecule has 0 aliphatic carbocycles. The summed E-state index contributed by atoms with van der Waals surface area (Å²) in [6, 6.07) is 14.9. The smallest absolute Gasteiger partial charge is 0.296 e. The number of aliphatic hydroxyl groups is 1. The minimum atomic E-state index is -1.02. The lowest BCUT2D eigenvalue weighted by atomic mass is 9.95. The molecule has 4 aromatic rings. The number of benzene rings is 2. The van der Waals surface area contributed by atoms with E-state index in [1.54, 1.807) is 31.2 Å². The Balaban J connectivity index is 1.50. The summed E-state index contributed by atoms with van der Waals surface area (Å²) in [4.78, 5) is 28.7. The molecule has 0 spiro atoms. The molecule has 0 fully saturated rings. The van der Waals surface area contributed by atoms with Gasteiger partial charge in [-0.15, -0.1) is 10.2 Å². The number of ketones is 1. The van der Waals surface area contributed by atoms with Crippen molar-refractivity contribution in [1.29, 1.82) is 0 Å². The largest absolute Gasteiger partial charge is 0.503 e. The highest BCUT2D eigenvalue weighted by Gasteiger charge is 2.47. The van der Waals surface area contributed by atoms with E-state index in [0.717, 1.165) is 24.8 Å². The van der Waals surface area contributed by atoms with Gasteiger partial charge in [0.2, 0.25) is 10.9 Å². The second-order valence-corrected chi connectivity index (χ2v) is 12.7. The summed E-state index contributed by atoms with van der Waals surface area (Å²) in [6.45, 7) is 6.62. The fourth-order valence-electron chi connectivity index (χ4n) is 4.74. The first-order valence-corrected chi connectivity index (χ1v) is 16.5. The van der Waals surface area contributed by atoms with Crippen LogP contribution in [0.2, 0.25) is 5.02 Å². The van der Waals surface area contributed by atoms with Crippen LogP contribution in [-0.4, -0.2) is 40.2 Å². The van der Waals surface area contributed by atoms with Crippen LogP contribution in [0.3, 0.4) is 0 Å². The number of aromatic nitrogens is 2. The molecule has 1 aliphatic rings. The summed E-state index contributed by atoms with van der Waals surface area (Å²) in [5, 5.41) is 20.6. The molecule has 1 aliphatic heterocycles. The maximum Gasteiger partial charge on any atom is 0.296 e. The van der Waals surface area contributed by atoms with Gasteiger partial charge in [0, 0.05) is 10.8 Å². The van der Waals surface area contributed by atoms with Gasteiger partial charge in [0.1, 0.15) is 5.76 Å². The number of unbranched alkanes of at least 4 members (excludes halogenated alkanes) is 2. The Labute approximate surface area is 268 Å². The maximum atomic E-state index is 13.8. The van der Waals surface area contributed by atoms with Crippen molar-refractivity contribution in [3.8, 4) is 11.5 Å².